The molecule has 1 amide bonds. The SMILES string of the molecule is COC1CN(C(=O)c2cc(C)ccc2C)CC1Oc1cccc(NS(=O)(=O)N2CCC3(CC3)C2)c1. The molecular formula is C26H33N3O5S. The third-order valence-electron chi connectivity index (χ3n) is 7.50. The van der Waals surface area contributed by atoms with Crippen molar-refractivity contribution < 1.29 is 22.7 Å². The third kappa shape index (κ3) is 5.03. The lowest BCUT2D eigenvalue weighted by atomic mass is 10.0. The van der Waals surface area contributed by atoms with Crippen LogP contribution in [0.25, 0.3) is 0 Å². The lowest BCUT2D eigenvalue weighted by Gasteiger charge is -2.20. The lowest BCUT2D eigenvalue weighted by Crippen LogP contribution is -2.34. The van der Waals surface area contributed by atoms with Gasteiger partial charge in [-0.1, -0.05) is 23.8 Å². The van der Waals surface area contributed by atoms with Crippen LogP contribution < -0.4 is 9.46 Å². The van der Waals surface area contributed by atoms with Gasteiger partial charge >= 0.3 is 10.2 Å². The maximum absolute atomic E-state index is 13.2. The minimum Gasteiger partial charge on any atom is -0.486 e. The maximum atomic E-state index is 13.2. The average molecular weight is 500 g/mol. The van der Waals surface area contributed by atoms with Gasteiger partial charge < -0.3 is 14.4 Å². The number of hydrogen-bond donors (Lipinski definition) is 1. The summed E-state index contributed by atoms with van der Waals surface area (Å²) in [6.45, 7) is 5.88. The number of anilines is 1. The molecule has 2 aromatic carbocycles. The molecule has 9 heteroatoms. The van der Waals surface area contributed by atoms with Gasteiger partial charge in [0.1, 0.15) is 18.0 Å². The predicted octanol–water partition coefficient (Wildman–Crippen LogP) is 3.36. The minimum absolute atomic E-state index is 0.0418. The Morgan fingerprint density at radius 2 is 1.83 bits per heavy atom. The second kappa shape index (κ2) is 9.11. The second-order valence-corrected chi connectivity index (χ2v) is 11.8. The van der Waals surface area contributed by atoms with Crippen LogP contribution in [0, 0.1) is 19.3 Å². The summed E-state index contributed by atoms with van der Waals surface area (Å²) in [7, 11) is -2.00. The fraction of sp³-hybridized carbons (Fsp3) is 0.500. The van der Waals surface area contributed by atoms with E-state index in [9.17, 15) is 13.2 Å². The number of nitrogens with zero attached hydrogens (tertiary/aromatic N) is 2. The number of methoxy groups -OCH3 is 1. The van der Waals surface area contributed by atoms with E-state index in [1.165, 1.54) is 0 Å². The summed E-state index contributed by atoms with van der Waals surface area (Å²) in [5.41, 5.74) is 3.33. The highest BCUT2D eigenvalue weighted by Gasteiger charge is 2.50. The van der Waals surface area contributed by atoms with Crippen molar-refractivity contribution in [1.29, 1.82) is 0 Å². The molecule has 35 heavy (non-hydrogen) atoms. The first-order valence-electron chi connectivity index (χ1n) is 12.1. The highest BCUT2D eigenvalue weighted by Crippen LogP contribution is 2.53. The van der Waals surface area contributed by atoms with E-state index in [2.05, 4.69) is 4.72 Å². The zero-order valence-corrected chi connectivity index (χ0v) is 21.3. The monoisotopic (exact) mass is 499 g/mol. The molecule has 1 aliphatic carbocycles. The van der Waals surface area contributed by atoms with E-state index in [0.29, 0.717) is 43.2 Å². The van der Waals surface area contributed by atoms with Gasteiger partial charge in [0, 0.05) is 31.8 Å². The van der Waals surface area contributed by atoms with Crippen LogP contribution in [0.2, 0.25) is 0 Å². The minimum atomic E-state index is -3.61. The molecule has 2 saturated heterocycles. The van der Waals surface area contributed by atoms with Crippen molar-refractivity contribution in [1.82, 2.24) is 9.21 Å². The fourth-order valence-corrected chi connectivity index (χ4v) is 6.42. The summed E-state index contributed by atoms with van der Waals surface area (Å²) in [5.74, 6) is 0.485. The van der Waals surface area contributed by atoms with Crippen LogP contribution in [-0.2, 0) is 14.9 Å². The van der Waals surface area contributed by atoms with E-state index in [-0.39, 0.29) is 23.5 Å². The van der Waals surface area contributed by atoms with Crippen LogP contribution in [-0.4, -0.2) is 69.0 Å². The Kier molecular flexibility index (Phi) is 6.27. The van der Waals surface area contributed by atoms with E-state index < -0.39 is 10.2 Å². The average Bonchev–Trinajstić information content (AvgIpc) is 3.24. The number of nitrogens with one attached hydrogen (secondary N) is 1. The van der Waals surface area contributed by atoms with Crippen LogP contribution in [0.3, 0.4) is 0 Å². The van der Waals surface area contributed by atoms with Gasteiger partial charge in [0.15, 0.2) is 0 Å². The van der Waals surface area contributed by atoms with E-state index in [1.807, 2.05) is 32.0 Å². The van der Waals surface area contributed by atoms with E-state index >= 15 is 0 Å². The predicted molar refractivity (Wildman–Crippen MR) is 134 cm³/mol. The normalized spacial score (nSPS) is 23.6. The fourth-order valence-electron chi connectivity index (χ4n) is 5.09. The lowest BCUT2D eigenvalue weighted by molar-refractivity contribution is 0.0340. The Balaban J connectivity index is 1.26. The van der Waals surface area contributed by atoms with Gasteiger partial charge in [0.25, 0.3) is 5.91 Å². The first-order valence-corrected chi connectivity index (χ1v) is 13.6. The molecule has 8 nitrogen and oxygen atoms in total. The van der Waals surface area contributed by atoms with Crippen molar-refractivity contribution in [2.75, 3.05) is 38.0 Å². The molecular weight excluding hydrogens is 466 g/mol. The maximum Gasteiger partial charge on any atom is 0.301 e. The largest absolute Gasteiger partial charge is 0.486 e. The standard InChI is InChI=1S/C26H33N3O5S/c1-18-7-8-19(2)22(13-18)25(30)28-15-23(33-3)24(16-28)34-21-6-4-5-20(14-21)27-35(31,32)29-12-11-26(17-29)9-10-26/h4-8,13-14,23-24,27H,9-12,15-17H2,1-3H3. The summed E-state index contributed by atoms with van der Waals surface area (Å²) in [6.07, 6.45) is 2.52. The number of hydrogen-bond acceptors (Lipinski definition) is 5. The zero-order chi connectivity index (χ0) is 24.8. The number of amides is 1. The van der Waals surface area contributed by atoms with Crippen molar-refractivity contribution in [2.24, 2.45) is 5.41 Å². The zero-order valence-electron chi connectivity index (χ0n) is 20.5. The van der Waals surface area contributed by atoms with Crippen molar-refractivity contribution in [2.45, 2.75) is 45.3 Å². The van der Waals surface area contributed by atoms with Crippen LogP contribution >= 0.6 is 0 Å². The Hall–Kier alpha value is -2.62. The molecule has 2 unspecified atom stereocenters. The van der Waals surface area contributed by atoms with Gasteiger partial charge in [-0.15, -0.1) is 0 Å². The van der Waals surface area contributed by atoms with Crippen LogP contribution in [0.5, 0.6) is 5.75 Å². The Bertz CT molecular complexity index is 1230. The van der Waals surface area contributed by atoms with Crippen molar-refractivity contribution in [3.05, 3.63) is 59.2 Å². The first-order chi connectivity index (χ1) is 16.7. The van der Waals surface area contributed by atoms with Crippen LogP contribution in [0.4, 0.5) is 5.69 Å². The number of benzene rings is 2. The van der Waals surface area contributed by atoms with Gasteiger partial charge in [0.05, 0.1) is 18.8 Å². The molecule has 1 N–H and O–H groups in total. The van der Waals surface area contributed by atoms with Gasteiger partial charge in [0.2, 0.25) is 0 Å². The van der Waals surface area contributed by atoms with E-state index in [4.69, 9.17) is 9.47 Å². The summed E-state index contributed by atoms with van der Waals surface area (Å²) in [5, 5.41) is 0. The molecule has 0 aromatic heterocycles. The molecule has 0 radical (unpaired) electrons. The number of aryl methyl sites for hydroxylation is 2. The number of carbonyl (C=O) groups is 1. The number of rotatable bonds is 7. The molecule has 2 aliphatic heterocycles. The molecule has 2 heterocycles. The number of carbonyl (C=O) groups excluding carboxylic acids is 1. The highest BCUT2D eigenvalue weighted by atomic mass is 32.2. The van der Waals surface area contributed by atoms with Crippen LogP contribution in [0.15, 0.2) is 42.5 Å². The van der Waals surface area contributed by atoms with E-state index in [0.717, 1.165) is 30.4 Å². The molecule has 2 atom stereocenters. The van der Waals surface area contributed by atoms with Gasteiger partial charge in [-0.2, -0.15) is 12.7 Å². The molecule has 2 aromatic rings. The molecule has 1 spiro atoms. The quantitative estimate of drug-likeness (QED) is 0.631. The smallest absolute Gasteiger partial charge is 0.301 e. The van der Waals surface area contributed by atoms with Gasteiger partial charge in [-0.25, -0.2) is 0 Å². The molecule has 5 rings (SSSR count). The number of ether oxygens (including phenoxy) is 2. The van der Waals surface area contributed by atoms with Crippen molar-refractivity contribution >= 4 is 21.8 Å². The van der Waals surface area contributed by atoms with Gasteiger partial charge in [-0.3, -0.25) is 9.52 Å². The summed E-state index contributed by atoms with van der Waals surface area (Å²) < 4.78 is 41.9. The second-order valence-electron chi connectivity index (χ2n) is 10.2. The molecule has 1 saturated carbocycles. The molecule has 0 bridgehead atoms. The van der Waals surface area contributed by atoms with E-state index in [1.54, 1.807) is 40.6 Å². The van der Waals surface area contributed by atoms with Crippen molar-refractivity contribution in [3.63, 3.8) is 0 Å². The Morgan fingerprint density at radius 1 is 1.06 bits per heavy atom. The summed E-state index contributed by atoms with van der Waals surface area (Å²) in [4.78, 5) is 15.0. The highest BCUT2D eigenvalue weighted by molar-refractivity contribution is 7.90. The molecule has 3 fully saturated rings. The number of likely N-dealkylation sites (tertiary alicyclic amines) is 1. The van der Waals surface area contributed by atoms with Gasteiger partial charge in [-0.05, 0) is 62.3 Å². The summed E-state index contributed by atoms with van der Waals surface area (Å²) in [6, 6.07) is 12.8. The molecule has 3 aliphatic rings. The Labute approximate surface area is 207 Å². The Morgan fingerprint density at radius 3 is 2.54 bits per heavy atom. The molecule has 188 valence electrons. The third-order valence-corrected chi connectivity index (χ3v) is 8.98. The summed E-state index contributed by atoms with van der Waals surface area (Å²) >= 11 is 0. The van der Waals surface area contributed by atoms with Crippen molar-refractivity contribution in [3.8, 4) is 5.75 Å². The van der Waals surface area contributed by atoms with Crippen LogP contribution in [0.1, 0.15) is 40.7 Å². The first kappa shape index (κ1) is 24.1. The topological polar surface area (TPSA) is 88.2 Å².